The molecule has 0 saturated carbocycles. The number of nitrogens with zero attached hydrogens (tertiary/aromatic N) is 4. The summed E-state index contributed by atoms with van der Waals surface area (Å²) in [4.78, 5) is 8.24. The van der Waals surface area contributed by atoms with E-state index in [9.17, 15) is 0 Å². The number of anilines is 1. The summed E-state index contributed by atoms with van der Waals surface area (Å²) in [7, 11) is 1.80. The van der Waals surface area contributed by atoms with Crippen LogP contribution in [0, 0.1) is 0 Å². The van der Waals surface area contributed by atoms with Crippen molar-refractivity contribution in [3.63, 3.8) is 0 Å². The number of halogens is 1. The largest absolute Gasteiger partial charge is 0.436 e. The second-order valence-electron chi connectivity index (χ2n) is 3.97. The lowest BCUT2D eigenvalue weighted by atomic mass is 10.3. The van der Waals surface area contributed by atoms with Gasteiger partial charge in [-0.15, -0.1) is 0 Å². The Morgan fingerprint density at radius 2 is 2.16 bits per heavy atom. The summed E-state index contributed by atoms with van der Waals surface area (Å²) in [5, 5.41) is 5.37. The van der Waals surface area contributed by atoms with Crippen LogP contribution in [0.4, 0.5) is 5.69 Å². The number of aromatic nitrogens is 4. The monoisotopic (exact) mass is 275 g/mol. The fourth-order valence-corrected chi connectivity index (χ4v) is 1.88. The van der Waals surface area contributed by atoms with Crippen molar-refractivity contribution in [2.75, 3.05) is 5.73 Å². The normalized spacial score (nSPS) is 10.8. The van der Waals surface area contributed by atoms with Crippen molar-refractivity contribution in [2.24, 2.45) is 7.05 Å². The van der Waals surface area contributed by atoms with E-state index in [4.69, 9.17) is 22.1 Å². The minimum Gasteiger partial charge on any atom is -0.436 e. The molecule has 19 heavy (non-hydrogen) atoms. The first-order valence-electron chi connectivity index (χ1n) is 5.51. The number of nitrogens with two attached hydrogens (primary N) is 1. The van der Waals surface area contributed by atoms with E-state index >= 15 is 0 Å². The van der Waals surface area contributed by atoms with Crippen LogP contribution in [0.5, 0.6) is 11.6 Å². The molecule has 3 aromatic rings. The molecular formula is C12H10ClN5O. The average molecular weight is 276 g/mol. The molecule has 0 amide bonds. The second kappa shape index (κ2) is 4.40. The molecule has 0 saturated heterocycles. The van der Waals surface area contributed by atoms with Crippen LogP contribution in [-0.2, 0) is 7.05 Å². The summed E-state index contributed by atoms with van der Waals surface area (Å²) < 4.78 is 7.35. The lowest BCUT2D eigenvalue weighted by Gasteiger charge is -2.08. The minimum absolute atomic E-state index is 0.395. The molecule has 3 rings (SSSR count). The van der Waals surface area contributed by atoms with Crippen LogP contribution in [0.1, 0.15) is 0 Å². The van der Waals surface area contributed by atoms with E-state index in [0.717, 1.165) is 0 Å². The van der Waals surface area contributed by atoms with Crippen molar-refractivity contribution >= 4 is 28.3 Å². The molecule has 0 aliphatic carbocycles. The zero-order chi connectivity index (χ0) is 13.4. The van der Waals surface area contributed by atoms with E-state index in [2.05, 4.69) is 15.1 Å². The minimum atomic E-state index is 0.395. The third kappa shape index (κ3) is 2.06. The number of rotatable bonds is 2. The summed E-state index contributed by atoms with van der Waals surface area (Å²) in [5.41, 5.74) is 7.01. The van der Waals surface area contributed by atoms with Crippen LogP contribution in [-0.4, -0.2) is 19.7 Å². The number of fused-ring (bicyclic) bond motifs is 1. The molecule has 0 aliphatic heterocycles. The predicted octanol–water partition coefficient (Wildman–Crippen LogP) is 2.39. The molecule has 0 unspecified atom stereocenters. The van der Waals surface area contributed by atoms with Crippen LogP contribution in [0.25, 0.3) is 11.0 Å². The molecule has 0 atom stereocenters. The molecule has 6 nitrogen and oxygen atoms in total. The van der Waals surface area contributed by atoms with E-state index in [1.165, 1.54) is 6.33 Å². The first kappa shape index (κ1) is 11.7. The SMILES string of the molecule is Cn1ncc2c(Oc3cc(Cl)ccc3N)ncnc21. The highest BCUT2D eigenvalue weighted by atomic mass is 35.5. The molecule has 0 bridgehead atoms. The van der Waals surface area contributed by atoms with Gasteiger partial charge in [-0.2, -0.15) is 5.10 Å². The zero-order valence-electron chi connectivity index (χ0n) is 10.0. The summed E-state index contributed by atoms with van der Waals surface area (Å²) in [6.45, 7) is 0. The van der Waals surface area contributed by atoms with Gasteiger partial charge in [-0.05, 0) is 12.1 Å². The Balaban J connectivity index is 2.08. The zero-order valence-corrected chi connectivity index (χ0v) is 10.8. The van der Waals surface area contributed by atoms with Crippen LogP contribution in [0.3, 0.4) is 0 Å². The van der Waals surface area contributed by atoms with Gasteiger partial charge in [0, 0.05) is 18.1 Å². The maximum Gasteiger partial charge on any atom is 0.233 e. The summed E-state index contributed by atoms with van der Waals surface area (Å²) in [6.07, 6.45) is 3.06. The molecule has 2 aromatic heterocycles. The predicted molar refractivity (Wildman–Crippen MR) is 72.2 cm³/mol. The van der Waals surface area contributed by atoms with Crippen LogP contribution in [0.15, 0.2) is 30.7 Å². The fraction of sp³-hybridized carbons (Fsp3) is 0.0833. The Hall–Kier alpha value is -2.34. The van der Waals surface area contributed by atoms with Gasteiger partial charge in [-0.3, -0.25) is 4.68 Å². The van der Waals surface area contributed by atoms with Crippen molar-refractivity contribution in [3.05, 3.63) is 35.7 Å². The first-order valence-corrected chi connectivity index (χ1v) is 5.88. The quantitative estimate of drug-likeness (QED) is 0.727. The fourth-order valence-electron chi connectivity index (χ4n) is 1.72. The molecule has 0 radical (unpaired) electrons. The number of hydrogen-bond acceptors (Lipinski definition) is 5. The number of aryl methyl sites for hydroxylation is 1. The van der Waals surface area contributed by atoms with Gasteiger partial charge in [0.2, 0.25) is 5.88 Å². The molecular weight excluding hydrogens is 266 g/mol. The molecule has 96 valence electrons. The van der Waals surface area contributed by atoms with E-state index in [1.807, 2.05) is 0 Å². The van der Waals surface area contributed by atoms with E-state index in [-0.39, 0.29) is 0 Å². The van der Waals surface area contributed by atoms with Crippen molar-refractivity contribution in [1.29, 1.82) is 0 Å². The van der Waals surface area contributed by atoms with Gasteiger partial charge < -0.3 is 10.5 Å². The van der Waals surface area contributed by atoms with Crippen molar-refractivity contribution < 1.29 is 4.74 Å². The maximum atomic E-state index is 5.92. The molecule has 0 spiro atoms. The van der Waals surface area contributed by atoms with Gasteiger partial charge in [0.15, 0.2) is 11.4 Å². The Morgan fingerprint density at radius 1 is 1.32 bits per heavy atom. The third-order valence-electron chi connectivity index (χ3n) is 2.68. The topological polar surface area (TPSA) is 78.9 Å². The van der Waals surface area contributed by atoms with Crippen molar-refractivity contribution in [3.8, 4) is 11.6 Å². The lowest BCUT2D eigenvalue weighted by Crippen LogP contribution is -1.96. The van der Waals surface area contributed by atoms with E-state index in [0.29, 0.717) is 33.4 Å². The number of benzene rings is 1. The van der Waals surface area contributed by atoms with Gasteiger partial charge in [-0.1, -0.05) is 11.6 Å². The Bertz CT molecular complexity index is 755. The van der Waals surface area contributed by atoms with Crippen molar-refractivity contribution in [2.45, 2.75) is 0 Å². The van der Waals surface area contributed by atoms with Crippen LogP contribution < -0.4 is 10.5 Å². The lowest BCUT2D eigenvalue weighted by molar-refractivity contribution is 0.470. The van der Waals surface area contributed by atoms with E-state index in [1.54, 1.807) is 36.1 Å². The highest BCUT2D eigenvalue weighted by Gasteiger charge is 2.11. The van der Waals surface area contributed by atoms with E-state index < -0.39 is 0 Å². The Kier molecular flexibility index (Phi) is 2.72. The van der Waals surface area contributed by atoms with Crippen molar-refractivity contribution in [1.82, 2.24) is 19.7 Å². The van der Waals surface area contributed by atoms with Crippen LogP contribution >= 0.6 is 11.6 Å². The van der Waals surface area contributed by atoms with Crippen LogP contribution in [0.2, 0.25) is 5.02 Å². The third-order valence-corrected chi connectivity index (χ3v) is 2.91. The summed E-state index contributed by atoms with van der Waals surface area (Å²) in [6, 6.07) is 5.02. The first-order chi connectivity index (χ1) is 9.15. The standard InChI is InChI=1S/C12H10ClN5O/c1-18-11-8(5-17-18)12(16-6-15-11)19-10-4-7(13)2-3-9(10)14/h2-6H,14H2,1H3. The number of nitrogen functional groups attached to an aromatic ring is 1. The molecule has 2 N–H and O–H groups in total. The Labute approximate surface area is 113 Å². The molecule has 1 aromatic carbocycles. The smallest absolute Gasteiger partial charge is 0.233 e. The van der Waals surface area contributed by atoms with Gasteiger partial charge >= 0.3 is 0 Å². The summed E-state index contributed by atoms with van der Waals surface area (Å²) >= 11 is 5.92. The molecule has 7 heteroatoms. The van der Waals surface area contributed by atoms with Gasteiger partial charge in [-0.25, -0.2) is 9.97 Å². The second-order valence-corrected chi connectivity index (χ2v) is 4.40. The molecule has 2 heterocycles. The number of hydrogen-bond donors (Lipinski definition) is 1. The molecule has 0 aliphatic rings. The number of ether oxygens (including phenoxy) is 1. The Morgan fingerprint density at radius 3 is 3.00 bits per heavy atom. The average Bonchev–Trinajstić information content (AvgIpc) is 2.77. The van der Waals surface area contributed by atoms with Gasteiger partial charge in [0.05, 0.1) is 11.9 Å². The molecule has 0 fully saturated rings. The maximum absolute atomic E-state index is 5.92. The van der Waals surface area contributed by atoms with Gasteiger partial charge in [0.25, 0.3) is 0 Å². The summed E-state index contributed by atoms with van der Waals surface area (Å²) in [5.74, 6) is 0.850. The van der Waals surface area contributed by atoms with Gasteiger partial charge in [0.1, 0.15) is 11.7 Å². The highest BCUT2D eigenvalue weighted by molar-refractivity contribution is 6.30. The highest BCUT2D eigenvalue weighted by Crippen LogP contribution is 2.31.